The number of carbonyl (C=O) groups is 1. The van der Waals surface area contributed by atoms with Gasteiger partial charge in [0.05, 0.1) is 5.75 Å². The Morgan fingerprint density at radius 1 is 1.27 bits per heavy atom. The molecule has 0 aliphatic rings. The molecule has 116 valence electrons. The summed E-state index contributed by atoms with van der Waals surface area (Å²) in [5.74, 6) is 0.794. The van der Waals surface area contributed by atoms with E-state index in [4.69, 9.17) is 11.5 Å². The second kappa shape index (κ2) is 7.46. The number of hydrogen-bond acceptors (Lipinski definition) is 6. The van der Waals surface area contributed by atoms with Gasteiger partial charge in [-0.1, -0.05) is 45.9 Å². The van der Waals surface area contributed by atoms with Crippen LogP contribution in [-0.2, 0) is 11.3 Å². The lowest BCUT2D eigenvalue weighted by molar-refractivity contribution is -0.127. The maximum absolute atomic E-state index is 12.2. The summed E-state index contributed by atoms with van der Waals surface area (Å²) in [6.45, 7) is 0.529. The summed E-state index contributed by atoms with van der Waals surface area (Å²) in [5.41, 5.74) is 12.2. The lowest BCUT2D eigenvalue weighted by Gasteiger charge is -2.17. The van der Waals surface area contributed by atoms with Crippen molar-refractivity contribution in [3.05, 3.63) is 40.4 Å². The first-order chi connectivity index (χ1) is 10.5. The predicted molar refractivity (Wildman–Crippen MR) is 92.2 cm³/mol. The molecular weight excluding hydrogens is 366 g/mol. The van der Waals surface area contributed by atoms with E-state index in [2.05, 4.69) is 25.9 Å². The summed E-state index contributed by atoms with van der Waals surface area (Å²) in [6, 6.07) is 9.28. The normalized spacial score (nSPS) is 10.5. The molecule has 0 saturated carbocycles. The average molecular weight is 382 g/mol. The fourth-order valence-corrected chi connectivity index (χ4v) is 2.96. The van der Waals surface area contributed by atoms with Crippen LogP contribution in [-0.4, -0.2) is 33.6 Å². The minimum absolute atomic E-state index is 0.0228. The van der Waals surface area contributed by atoms with Crippen LogP contribution in [0.4, 0.5) is 11.6 Å². The van der Waals surface area contributed by atoms with E-state index in [0.29, 0.717) is 23.3 Å². The molecule has 2 aromatic rings. The highest BCUT2D eigenvalue weighted by molar-refractivity contribution is 9.10. The van der Waals surface area contributed by atoms with Crippen LogP contribution >= 0.6 is 27.7 Å². The Balaban J connectivity index is 1.93. The maximum atomic E-state index is 12.2. The number of hydrogen-bond donors (Lipinski definition) is 2. The van der Waals surface area contributed by atoms with Gasteiger partial charge in [-0.3, -0.25) is 4.79 Å². The zero-order valence-corrected chi connectivity index (χ0v) is 14.4. The van der Waals surface area contributed by atoms with Crippen LogP contribution < -0.4 is 11.5 Å². The van der Waals surface area contributed by atoms with Crippen molar-refractivity contribution in [3.8, 4) is 0 Å². The minimum Gasteiger partial charge on any atom is -0.383 e. The molecule has 0 saturated heterocycles. The van der Waals surface area contributed by atoms with Gasteiger partial charge in [-0.2, -0.15) is 0 Å². The van der Waals surface area contributed by atoms with Gasteiger partial charge in [-0.05, 0) is 11.6 Å². The lowest BCUT2D eigenvalue weighted by Crippen LogP contribution is -2.28. The van der Waals surface area contributed by atoms with Gasteiger partial charge >= 0.3 is 0 Å². The summed E-state index contributed by atoms with van der Waals surface area (Å²) < 4.78 is 0.981. The van der Waals surface area contributed by atoms with E-state index in [0.717, 1.165) is 10.0 Å². The molecule has 2 rings (SSSR count). The van der Waals surface area contributed by atoms with Crippen molar-refractivity contribution in [3.63, 3.8) is 0 Å². The van der Waals surface area contributed by atoms with Crippen molar-refractivity contribution < 1.29 is 4.79 Å². The van der Waals surface area contributed by atoms with E-state index in [1.165, 1.54) is 17.8 Å². The third-order valence-electron chi connectivity index (χ3n) is 2.86. The van der Waals surface area contributed by atoms with Crippen LogP contribution in [0.25, 0.3) is 0 Å². The number of nitrogens with zero attached hydrogens (tertiary/aromatic N) is 3. The smallest absolute Gasteiger partial charge is 0.233 e. The zero-order chi connectivity index (χ0) is 16.1. The molecular formula is C14H16BrN5OS. The first-order valence-corrected chi connectivity index (χ1v) is 8.24. The number of anilines is 2. The number of nitrogen functional groups attached to an aromatic ring is 2. The molecule has 0 fully saturated rings. The first kappa shape index (κ1) is 16.6. The van der Waals surface area contributed by atoms with Crippen LogP contribution in [0.2, 0.25) is 0 Å². The Labute approximate surface area is 141 Å². The third-order valence-corrected chi connectivity index (χ3v) is 4.47. The van der Waals surface area contributed by atoms with Crippen molar-refractivity contribution in [2.75, 3.05) is 24.3 Å². The highest BCUT2D eigenvalue weighted by Gasteiger charge is 2.12. The van der Waals surface area contributed by atoms with Gasteiger partial charge in [0.15, 0.2) is 5.16 Å². The van der Waals surface area contributed by atoms with Gasteiger partial charge in [-0.25, -0.2) is 9.97 Å². The van der Waals surface area contributed by atoms with E-state index in [-0.39, 0.29) is 11.7 Å². The summed E-state index contributed by atoms with van der Waals surface area (Å²) >= 11 is 4.69. The fraction of sp³-hybridized carbons (Fsp3) is 0.214. The largest absolute Gasteiger partial charge is 0.383 e. The summed E-state index contributed by atoms with van der Waals surface area (Å²) in [7, 11) is 1.76. The molecule has 0 aliphatic heterocycles. The highest BCUT2D eigenvalue weighted by atomic mass is 79.9. The number of amides is 1. The molecule has 4 N–H and O–H groups in total. The maximum Gasteiger partial charge on any atom is 0.233 e. The van der Waals surface area contributed by atoms with E-state index in [9.17, 15) is 4.79 Å². The van der Waals surface area contributed by atoms with Gasteiger partial charge in [0.1, 0.15) is 11.6 Å². The number of rotatable bonds is 5. The number of benzene rings is 1. The number of halogens is 1. The summed E-state index contributed by atoms with van der Waals surface area (Å²) in [5, 5.41) is 0.403. The Hall–Kier alpha value is -1.80. The standard InChI is InChI=1S/C14H16BrN5OS/c1-20(7-9-4-2-3-5-10(9)15)13(21)8-22-14-18-11(16)6-12(17)19-14/h2-6H,7-8H2,1H3,(H4,16,17,18,19). The van der Waals surface area contributed by atoms with E-state index >= 15 is 0 Å². The van der Waals surface area contributed by atoms with Gasteiger partial charge in [0, 0.05) is 24.1 Å². The topological polar surface area (TPSA) is 98.1 Å². The van der Waals surface area contributed by atoms with Gasteiger partial charge in [0.25, 0.3) is 0 Å². The molecule has 0 aliphatic carbocycles. The Morgan fingerprint density at radius 2 is 1.91 bits per heavy atom. The van der Waals surface area contributed by atoms with Crippen molar-refractivity contribution in [1.29, 1.82) is 0 Å². The molecule has 1 aromatic carbocycles. The third kappa shape index (κ3) is 4.60. The van der Waals surface area contributed by atoms with Crippen molar-refractivity contribution >= 4 is 45.2 Å². The second-order valence-electron chi connectivity index (χ2n) is 4.63. The molecule has 0 bridgehead atoms. The lowest BCUT2D eigenvalue weighted by atomic mass is 10.2. The van der Waals surface area contributed by atoms with Gasteiger partial charge in [-0.15, -0.1) is 0 Å². The highest BCUT2D eigenvalue weighted by Crippen LogP contribution is 2.19. The van der Waals surface area contributed by atoms with Crippen LogP contribution in [0, 0.1) is 0 Å². The summed E-state index contributed by atoms with van der Waals surface area (Å²) in [4.78, 5) is 21.9. The Kier molecular flexibility index (Phi) is 5.62. The number of thioether (sulfide) groups is 1. The average Bonchev–Trinajstić information content (AvgIpc) is 2.46. The molecule has 0 spiro atoms. The molecule has 22 heavy (non-hydrogen) atoms. The molecule has 0 atom stereocenters. The number of aromatic nitrogens is 2. The molecule has 0 unspecified atom stereocenters. The number of nitrogens with two attached hydrogens (primary N) is 2. The van der Waals surface area contributed by atoms with Gasteiger partial charge < -0.3 is 16.4 Å². The predicted octanol–water partition coefficient (Wildman–Crippen LogP) is 2.15. The van der Waals surface area contributed by atoms with Crippen LogP contribution in [0.1, 0.15) is 5.56 Å². The van der Waals surface area contributed by atoms with E-state index in [1.54, 1.807) is 11.9 Å². The van der Waals surface area contributed by atoms with Crippen molar-refractivity contribution in [2.24, 2.45) is 0 Å². The SMILES string of the molecule is CN(Cc1ccccc1Br)C(=O)CSc1nc(N)cc(N)n1. The van der Waals surface area contributed by atoms with Crippen molar-refractivity contribution in [1.82, 2.24) is 14.9 Å². The molecule has 6 nitrogen and oxygen atoms in total. The summed E-state index contributed by atoms with van der Waals surface area (Å²) in [6.07, 6.45) is 0. The zero-order valence-electron chi connectivity index (χ0n) is 12.0. The molecule has 1 amide bonds. The molecule has 1 heterocycles. The minimum atomic E-state index is -0.0228. The second-order valence-corrected chi connectivity index (χ2v) is 6.43. The van der Waals surface area contributed by atoms with Crippen molar-refractivity contribution in [2.45, 2.75) is 11.7 Å². The van der Waals surface area contributed by atoms with Crippen LogP contribution in [0.5, 0.6) is 0 Å². The number of carbonyl (C=O) groups excluding carboxylic acids is 1. The van der Waals surface area contributed by atoms with Gasteiger partial charge in [0.2, 0.25) is 5.91 Å². The van der Waals surface area contributed by atoms with E-state index < -0.39 is 0 Å². The first-order valence-electron chi connectivity index (χ1n) is 6.46. The molecule has 1 aromatic heterocycles. The van der Waals surface area contributed by atoms with Crippen LogP contribution in [0.15, 0.2) is 40.0 Å². The Morgan fingerprint density at radius 3 is 2.55 bits per heavy atom. The fourth-order valence-electron chi connectivity index (χ4n) is 1.73. The molecule has 8 heteroatoms. The molecule has 0 radical (unpaired) electrons. The van der Waals surface area contributed by atoms with Crippen LogP contribution in [0.3, 0.4) is 0 Å². The van der Waals surface area contributed by atoms with E-state index in [1.807, 2.05) is 24.3 Å². The monoisotopic (exact) mass is 381 g/mol. The Bertz CT molecular complexity index is 662. The quantitative estimate of drug-likeness (QED) is 0.608.